The Morgan fingerprint density at radius 3 is 2.00 bits per heavy atom. The molecule has 1 N–H and O–H groups in total. The summed E-state index contributed by atoms with van der Waals surface area (Å²) in [5.41, 5.74) is 1.92. The maximum atomic E-state index is 14.2. The van der Waals surface area contributed by atoms with Crippen molar-refractivity contribution in [1.29, 1.82) is 0 Å². The van der Waals surface area contributed by atoms with E-state index in [1.54, 1.807) is 42.5 Å². The molecule has 0 radical (unpaired) electrons. The summed E-state index contributed by atoms with van der Waals surface area (Å²) in [5.74, 6) is -0.893. The molecule has 4 aromatic rings. The third kappa shape index (κ3) is 7.75. The van der Waals surface area contributed by atoms with Crippen LogP contribution in [0.5, 0.6) is 0 Å². The van der Waals surface area contributed by atoms with Gasteiger partial charge in [0.1, 0.15) is 12.6 Å². The van der Waals surface area contributed by atoms with Gasteiger partial charge in [-0.25, -0.2) is 8.42 Å². The molecule has 41 heavy (non-hydrogen) atoms. The zero-order chi connectivity index (χ0) is 29.4. The van der Waals surface area contributed by atoms with Crippen LogP contribution in [0.4, 0.5) is 5.69 Å². The molecule has 0 aliphatic heterocycles. The molecule has 7 nitrogen and oxygen atoms in total. The largest absolute Gasteiger partial charge is 0.357 e. The van der Waals surface area contributed by atoms with E-state index in [4.69, 9.17) is 11.6 Å². The minimum absolute atomic E-state index is 0.0364. The highest BCUT2D eigenvalue weighted by molar-refractivity contribution is 9.10. The first kappa shape index (κ1) is 30.3. The normalized spacial score (nSPS) is 11.9. The second-order valence-corrected chi connectivity index (χ2v) is 12.5. The third-order valence-corrected chi connectivity index (χ3v) is 9.08. The highest BCUT2D eigenvalue weighted by Gasteiger charge is 2.34. The number of amides is 2. The van der Waals surface area contributed by atoms with Gasteiger partial charge in [0.15, 0.2) is 0 Å². The molecule has 0 saturated heterocycles. The van der Waals surface area contributed by atoms with Gasteiger partial charge in [0.05, 0.1) is 10.6 Å². The summed E-state index contributed by atoms with van der Waals surface area (Å²) >= 11 is 9.51. The summed E-state index contributed by atoms with van der Waals surface area (Å²) in [6.45, 7) is -0.436. The number of benzene rings is 4. The second kappa shape index (κ2) is 13.8. The van der Waals surface area contributed by atoms with Gasteiger partial charge in [0.25, 0.3) is 10.0 Å². The summed E-state index contributed by atoms with van der Waals surface area (Å²) in [7, 11) is -2.63. The Labute approximate surface area is 253 Å². The molecule has 0 aliphatic carbocycles. The van der Waals surface area contributed by atoms with Crippen molar-refractivity contribution in [1.82, 2.24) is 10.2 Å². The zero-order valence-corrected chi connectivity index (χ0v) is 25.4. The number of sulfonamides is 1. The van der Waals surface area contributed by atoms with Crippen molar-refractivity contribution in [3.63, 3.8) is 0 Å². The van der Waals surface area contributed by atoms with Gasteiger partial charge < -0.3 is 10.2 Å². The molecule has 212 valence electrons. The van der Waals surface area contributed by atoms with Gasteiger partial charge >= 0.3 is 0 Å². The van der Waals surface area contributed by atoms with Crippen molar-refractivity contribution < 1.29 is 18.0 Å². The van der Waals surface area contributed by atoms with Crippen LogP contribution in [-0.4, -0.2) is 44.8 Å². The topological polar surface area (TPSA) is 86.8 Å². The number of hydrogen-bond donors (Lipinski definition) is 1. The van der Waals surface area contributed by atoms with E-state index < -0.39 is 28.5 Å². The van der Waals surface area contributed by atoms with Crippen molar-refractivity contribution in [2.24, 2.45) is 0 Å². The Hall–Kier alpha value is -3.66. The van der Waals surface area contributed by atoms with Gasteiger partial charge in [-0.05, 0) is 59.7 Å². The predicted molar refractivity (Wildman–Crippen MR) is 165 cm³/mol. The Morgan fingerprint density at radius 1 is 0.829 bits per heavy atom. The zero-order valence-electron chi connectivity index (χ0n) is 22.3. The third-order valence-electron chi connectivity index (χ3n) is 6.51. The van der Waals surface area contributed by atoms with Crippen LogP contribution in [0.1, 0.15) is 11.1 Å². The van der Waals surface area contributed by atoms with Gasteiger partial charge in [-0.15, -0.1) is 0 Å². The Bertz CT molecular complexity index is 1570. The van der Waals surface area contributed by atoms with Crippen LogP contribution in [0, 0.1) is 0 Å². The second-order valence-electron chi connectivity index (χ2n) is 9.27. The average molecular weight is 655 g/mol. The average Bonchev–Trinajstić information content (AvgIpc) is 2.99. The van der Waals surface area contributed by atoms with Crippen LogP contribution < -0.4 is 9.62 Å². The number of likely N-dealkylation sites (N-methyl/N-ethyl adjacent to an activating group) is 1. The molecule has 2 amide bonds. The number of carbonyl (C=O) groups is 2. The van der Waals surface area contributed by atoms with Crippen molar-refractivity contribution >= 4 is 55.1 Å². The number of halogens is 2. The summed E-state index contributed by atoms with van der Waals surface area (Å²) in [6, 6.07) is 30.0. The van der Waals surface area contributed by atoms with E-state index >= 15 is 0 Å². The first-order valence-corrected chi connectivity index (χ1v) is 15.4. The molecule has 0 bridgehead atoms. The van der Waals surface area contributed by atoms with E-state index in [9.17, 15) is 18.0 Å². The van der Waals surface area contributed by atoms with Crippen LogP contribution in [0.25, 0.3) is 0 Å². The van der Waals surface area contributed by atoms with Crippen molar-refractivity contribution in [3.05, 3.63) is 130 Å². The highest BCUT2D eigenvalue weighted by Crippen LogP contribution is 2.26. The number of nitrogens with one attached hydrogen (secondary N) is 1. The lowest BCUT2D eigenvalue weighted by Crippen LogP contribution is -2.53. The molecule has 0 unspecified atom stereocenters. The maximum absolute atomic E-state index is 14.2. The smallest absolute Gasteiger partial charge is 0.264 e. The minimum Gasteiger partial charge on any atom is -0.357 e. The maximum Gasteiger partial charge on any atom is 0.264 e. The molecule has 4 rings (SSSR count). The molecule has 4 aromatic carbocycles. The first-order valence-electron chi connectivity index (χ1n) is 12.8. The lowest BCUT2D eigenvalue weighted by molar-refractivity contribution is -0.139. The molecule has 0 saturated carbocycles. The van der Waals surface area contributed by atoms with Crippen LogP contribution in [0.3, 0.4) is 0 Å². The van der Waals surface area contributed by atoms with Gasteiger partial charge in [-0.3, -0.25) is 13.9 Å². The fourth-order valence-electron chi connectivity index (χ4n) is 4.36. The van der Waals surface area contributed by atoms with Gasteiger partial charge in [-0.1, -0.05) is 88.2 Å². The van der Waals surface area contributed by atoms with Crippen LogP contribution in [0.2, 0.25) is 5.02 Å². The Morgan fingerprint density at radius 2 is 1.41 bits per heavy atom. The fraction of sp³-hybridized carbons (Fsp3) is 0.161. The molecule has 0 heterocycles. The van der Waals surface area contributed by atoms with E-state index in [0.29, 0.717) is 5.02 Å². The van der Waals surface area contributed by atoms with Crippen LogP contribution >= 0.6 is 27.5 Å². The van der Waals surface area contributed by atoms with E-state index in [-0.39, 0.29) is 29.5 Å². The molecule has 0 spiro atoms. The van der Waals surface area contributed by atoms with Crippen LogP contribution in [-0.2, 0) is 32.6 Å². The van der Waals surface area contributed by atoms with Crippen LogP contribution in [0.15, 0.2) is 119 Å². The van der Waals surface area contributed by atoms with Crippen molar-refractivity contribution in [2.45, 2.75) is 23.9 Å². The van der Waals surface area contributed by atoms with Gasteiger partial charge in [-0.2, -0.15) is 0 Å². The Balaban J connectivity index is 1.77. The molecule has 1 atom stereocenters. The summed E-state index contributed by atoms with van der Waals surface area (Å²) < 4.78 is 29.6. The monoisotopic (exact) mass is 653 g/mol. The number of hydrogen-bond acceptors (Lipinski definition) is 4. The molecular weight excluding hydrogens is 626 g/mol. The molecule has 0 fully saturated rings. The first-order chi connectivity index (χ1) is 19.7. The highest BCUT2D eigenvalue weighted by atomic mass is 79.9. The quantitative estimate of drug-likeness (QED) is 0.225. The Kier molecular flexibility index (Phi) is 10.2. The number of anilines is 1. The lowest BCUT2D eigenvalue weighted by Gasteiger charge is -2.33. The number of rotatable bonds is 11. The standard InChI is InChI=1S/C31H29BrClN3O4S/c1-34-31(38)29(20-23-8-4-2-5-9-23)35(21-24-12-14-25(32)15-13-24)30(37)22-36(27-18-16-26(33)17-19-27)41(39,40)28-10-6-3-7-11-28/h2-19,29H,20-22H2,1H3,(H,34,38)/t29-/m1/s1. The van der Waals surface area contributed by atoms with Crippen molar-refractivity contribution in [3.8, 4) is 0 Å². The SMILES string of the molecule is CNC(=O)[C@@H](Cc1ccccc1)N(Cc1ccc(Br)cc1)C(=O)CN(c1ccc(Cl)cc1)S(=O)(=O)c1ccccc1. The molecule has 0 aromatic heterocycles. The van der Waals surface area contributed by atoms with E-state index in [1.165, 1.54) is 24.1 Å². The van der Waals surface area contributed by atoms with Gasteiger partial charge in [0.2, 0.25) is 11.8 Å². The lowest BCUT2D eigenvalue weighted by atomic mass is 10.0. The van der Waals surface area contributed by atoms with E-state index in [2.05, 4.69) is 21.2 Å². The molecular formula is C31H29BrClN3O4S. The summed E-state index contributed by atoms with van der Waals surface area (Å²) in [5, 5.41) is 3.10. The predicted octanol–water partition coefficient (Wildman–Crippen LogP) is 5.68. The van der Waals surface area contributed by atoms with Gasteiger partial charge in [0, 0.05) is 29.5 Å². The minimum atomic E-state index is -4.15. The van der Waals surface area contributed by atoms with E-state index in [0.717, 1.165) is 19.9 Å². The number of nitrogens with zero attached hydrogens (tertiary/aromatic N) is 2. The van der Waals surface area contributed by atoms with Crippen molar-refractivity contribution in [2.75, 3.05) is 17.9 Å². The number of carbonyl (C=O) groups excluding carboxylic acids is 2. The molecule has 10 heteroatoms. The molecule has 0 aliphatic rings. The summed E-state index contributed by atoms with van der Waals surface area (Å²) in [6.07, 6.45) is 0.245. The summed E-state index contributed by atoms with van der Waals surface area (Å²) in [4.78, 5) is 28.9. The fourth-order valence-corrected chi connectivity index (χ4v) is 6.19. The van der Waals surface area contributed by atoms with E-state index in [1.807, 2.05) is 54.6 Å².